The number of benzene rings is 1. The molecule has 0 bridgehead atoms. The quantitative estimate of drug-likeness (QED) is 0.802. The maximum atomic E-state index is 11.9. The topological polar surface area (TPSA) is 55.8 Å². The van der Waals surface area contributed by atoms with Gasteiger partial charge in [-0.2, -0.15) is 0 Å². The average Bonchev–Trinajstić information content (AvgIpc) is 2.43. The van der Waals surface area contributed by atoms with Crippen LogP contribution in [0.5, 0.6) is 0 Å². The molecule has 1 unspecified atom stereocenters. The molecule has 1 atom stereocenters. The van der Waals surface area contributed by atoms with Crippen LogP contribution < -0.4 is 0 Å². The van der Waals surface area contributed by atoms with Crippen molar-refractivity contribution in [2.45, 2.75) is 45.1 Å². The van der Waals surface area contributed by atoms with Gasteiger partial charge in [-0.15, -0.1) is 0 Å². The number of carbonyl (C=O) groups excluding carboxylic acids is 2. The fourth-order valence-corrected chi connectivity index (χ4v) is 2.53. The van der Waals surface area contributed by atoms with E-state index in [0.717, 1.165) is 5.56 Å². The van der Waals surface area contributed by atoms with E-state index in [-0.39, 0.29) is 18.0 Å². The van der Waals surface area contributed by atoms with Gasteiger partial charge in [-0.3, -0.25) is 4.79 Å². The molecule has 1 heterocycles. The zero-order chi connectivity index (χ0) is 17.2. The van der Waals surface area contributed by atoms with Crippen LogP contribution in [0.25, 0.3) is 0 Å². The van der Waals surface area contributed by atoms with Crippen LogP contribution in [0.1, 0.15) is 50.7 Å². The first-order valence-corrected chi connectivity index (χ1v) is 7.87. The monoisotopic (exact) mass is 319 g/mol. The number of esters is 1. The molecule has 0 radical (unpaired) electrons. The summed E-state index contributed by atoms with van der Waals surface area (Å²) in [6.07, 6.45) is -0.260. The van der Waals surface area contributed by atoms with Crippen molar-refractivity contribution in [3.8, 4) is 0 Å². The van der Waals surface area contributed by atoms with Crippen molar-refractivity contribution < 1.29 is 19.1 Å². The summed E-state index contributed by atoms with van der Waals surface area (Å²) >= 11 is 0. The minimum absolute atomic E-state index is 0.238. The number of hydrogen-bond acceptors (Lipinski definition) is 4. The molecule has 126 valence electrons. The van der Waals surface area contributed by atoms with Crippen molar-refractivity contribution in [3.63, 3.8) is 0 Å². The van der Waals surface area contributed by atoms with Crippen molar-refractivity contribution >= 4 is 12.1 Å². The minimum Gasteiger partial charge on any atom is -0.469 e. The number of likely N-dealkylation sites (tertiary alicyclic amines) is 1. The summed E-state index contributed by atoms with van der Waals surface area (Å²) in [5.41, 5.74) is 1.64. The second kappa shape index (κ2) is 6.60. The molecule has 0 saturated carbocycles. The molecule has 1 aromatic rings. The zero-order valence-electron chi connectivity index (χ0n) is 14.5. The van der Waals surface area contributed by atoms with Crippen LogP contribution in [0.3, 0.4) is 0 Å². The van der Waals surface area contributed by atoms with Gasteiger partial charge in [0.2, 0.25) is 0 Å². The van der Waals surface area contributed by atoms with Gasteiger partial charge < -0.3 is 14.4 Å². The summed E-state index contributed by atoms with van der Waals surface area (Å²) in [4.78, 5) is 25.2. The Morgan fingerprint density at radius 2 is 1.74 bits per heavy atom. The molecular weight excluding hydrogens is 294 g/mol. The molecule has 0 spiro atoms. The summed E-state index contributed by atoms with van der Waals surface area (Å²) in [7, 11) is 1.40. The van der Waals surface area contributed by atoms with E-state index in [1.165, 1.54) is 12.7 Å². The maximum absolute atomic E-state index is 11.9. The molecule has 1 aliphatic heterocycles. The van der Waals surface area contributed by atoms with Crippen LogP contribution in [0.15, 0.2) is 24.3 Å². The lowest BCUT2D eigenvalue weighted by molar-refractivity contribution is -0.142. The summed E-state index contributed by atoms with van der Waals surface area (Å²) < 4.78 is 10.1. The van der Waals surface area contributed by atoms with Crippen LogP contribution in [0.2, 0.25) is 0 Å². The molecule has 5 nitrogen and oxygen atoms in total. The first-order valence-electron chi connectivity index (χ1n) is 7.87. The van der Waals surface area contributed by atoms with E-state index >= 15 is 0 Å². The average molecular weight is 319 g/mol. The van der Waals surface area contributed by atoms with Gasteiger partial charge in [-0.1, -0.05) is 24.3 Å². The molecular formula is C18H25NO4. The van der Waals surface area contributed by atoms with Gasteiger partial charge in [0.05, 0.1) is 13.0 Å². The highest BCUT2D eigenvalue weighted by Gasteiger charge is 2.34. The number of hydrogen-bond donors (Lipinski definition) is 0. The Morgan fingerprint density at radius 1 is 1.17 bits per heavy atom. The molecule has 0 N–H and O–H groups in total. The fourth-order valence-electron chi connectivity index (χ4n) is 2.53. The number of rotatable bonds is 3. The summed E-state index contributed by atoms with van der Waals surface area (Å²) in [5, 5.41) is 0. The molecule has 1 aromatic carbocycles. The van der Waals surface area contributed by atoms with Gasteiger partial charge in [-0.05, 0) is 38.8 Å². The Labute approximate surface area is 137 Å². The highest BCUT2D eigenvalue weighted by atomic mass is 16.6. The highest BCUT2D eigenvalue weighted by molar-refractivity contribution is 5.77. The second-order valence-corrected chi connectivity index (χ2v) is 6.99. The fraction of sp³-hybridized carbons (Fsp3) is 0.556. The van der Waals surface area contributed by atoms with Gasteiger partial charge in [0.15, 0.2) is 0 Å². The SMILES string of the molecule is COC(=O)C(C)c1ccc(C2CN(C(=O)OC(C)(C)C)C2)cc1. The predicted octanol–water partition coefficient (Wildman–Crippen LogP) is 3.30. The van der Waals surface area contributed by atoms with Crippen LogP contribution in [-0.4, -0.2) is 42.8 Å². The van der Waals surface area contributed by atoms with Crippen molar-refractivity contribution in [1.82, 2.24) is 4.90 Å². The van der Waals surface area contributed by atoms with E-state index in [0.29, 0.717) is 19.0 Å². The van der Waals surface area contributed by atoms with Crippen molar-refractivity contribution in [3.05, 3.63) is 35.4 Å². The Balaban J connectivity index is 1.91. The van der Waals surface area contributed by atoms with Crippen molar-refractivity contribution in [2.75, 3.05) is 20.2 Å². The summed E-state index contributed by atoms with van der Waals surface area (Å²) in [5.74, 6) is -0.184. The van der Waals surface area contributed by atoms with E-state index in [4.69, 9.17) is 9.47 Å². The van der Waals surface area contributed by atoms with E-state index in [1.54, 1.807) is 4.90 Å². The van der Waals surface area contributed by atoms with Crippen molar-refractivity contribution in [1.29, 1.82) is 0 Å². The van der Waals surface area contributed by atoms with E-state index in [2.05, 4.69) is 0 Å². The molecule has 5 heteroatoms. The lowest BCUT2D eigenvalue weighted by atomic mass is 9.90. The van der Waals surface area contributed by atoms with Gasteiger partial charge >= 0.3 is 12.1 Å². The molecule has 1 aliphatic rings. The molecule has 1 saturated heterocycles. The van der Waals surface area contributed by atoms with Crippen LogP contribution >= 0.6 is 0 Å². The first kappa shape index (κ1) is 17.3. The number of nitrogens with zero attached hydrogens (tertiary/aromatic N) is 1. The van der Waals surface area contributed by atoms with E-state index in [1.807, 2.05) is 52.0 Å². The predicted molar refractivity (Wildman–Crippen MR) is 87.4 cm³/mol. The first-order chi connectivity index (χ1) is 10.7. The largest absolute Gasteiger partial charge is 0.469 e. The normalized spacial score (nSPS) is 16.5. The third-order valence-electron chi connectivity index (χ3n) is 4.00. The Morgan fingerprint density at radius 3 is 2.22 bits per heavy atom. The number of methoxy groups -OCH3 is 1. The van der Waals surface area contributed by atoms with Crippen LogP contribution in [-0.2, 0) is 14.3 Å². The lowest BCUT2D eigenvalue weighted by Gasteiger charge is -2.40. The number of carbonyl (C=O) groups is 2. The van der Waals surface area contributed by atoms with Crippen LogP contribution in [0, 0.1) is 0 Å². The smallest absolute Gasteiger partial charge is 0.410 e. The second-order valence-electron chi connectivity index (χ2n) is 6.99. The third kappa shape index (κ3) is 4.24. The number of ether oxygens (including phenoxy) is 2. The maximum Gasteiger partial charge on any atom is 0.410 e. The third-order valence-corrected chi connectivity index (χ3v) is 4.00. The molecule has 2 rings (SSSR count). The van der Waals surface area contributed by atoms with Gasteiger partial charge in [0.25, 0.3) is 0 Å². The summed E-state index contributed by atoms with van der Waals surface area (Å²) in [6.45, 7) is 8.76. The standard InChI is InChI=1S/C18H25NO4/c1-12(16(20)22-5)13-6-8-14(9-7-13)15-10-19(11-15)17(21)23-18(2,3)4/h6-9,12,15H,10-11H2,1-5H3. The Kier molecular flexibility index (Phi) is 4.97. The molecule has 1 fully saturated rings. The van der Waals surface area contributed by atoms with Crippen LogP contribution in [0.4, 0.5) is 4.79 Å². The van der Waals surface area contributed by atoms with Gasteiger partial charge in [-0.25, -0.2) is 4.79 Å². The molecule has 0 aliphatic carbocycles. The lowest BCUT2D eigenvalue weighted by Crippen LogP contribution is -2.50. The molecule has 1 amide bonds. The minimum atomic E-state index is -0.464. The summed E-state index contributed by atoms with van der Waals surface area (Å²) in [6, 6.07) is 7.94. The molecule has 23 heavy (non-hydrogen) atoms. The van der Waals surface area contributed by atoms with Gasteiger partial charge in [0.1, 0.15) is 5.60 Å². The number of amides is 1. The van der Waals surface area contributed by atoms with E-state index in [9.17, 15) is 9.59 Å². The van der Waals surface area contributed by atoms with Gasteiger partial charge in [0, 0.05) is 19.0 Å². The highest BCUT2D eigenvalue weighted by Crippen LogP contribution is 2.29. The Bertz CT molecular complexity index is 568. The zero-order valence-corrected chi connectivity index (χ0v) is 14.5. The van der Waals surface area contributed by atoms with Crippen molar-refractivity contribution in [2.24, 2.45) is 0 Å². The van der Waals surface area contributed by atoms with E-state index < -0.39 is 5.60 Å². The molecule has 0 aromatic heterocycles. The Hall–Kier alpha value is -2.04.